The molecule has 1 heterocycles. The van der Waals surface area contributed by atoms with Crippen molar-refractivity contribution >= 4 is 26.8 Å². The first-order chi connectivity index (χ1) is 7.52. The molecule has 0 bridgehead atoms. The molecule has 1 unspecified atom stereocenters. The fourth-order valence-electron chi connectivity index (χ4n) is 1.92. The Kier molecular flexibility index (Phi) is 3.04. The van der Waals surface area contributed by atoms with Crippen LogP contribution < -0.4 is 5.73 Å². The molecule has 2 aromatic rings. The van der Waals surface area contributed by atoms with Crippen LogP contribution in [0.5, 0.6) is 0 Å². The topological polar surface area (TPSA) is 43.8 Å². The predicted molar refractivity (Wildman–Crippen MR) is 70.4 cm³/mol. The minimum absolute atomic E-state index is 0.0183. The summed E-state index contributed by atoms with van der Waals surface area (Å²) in [4.78, 5) is 0. The number of hydrogen-bond donors (Lipinski definition) is 1. The van der Waals surface area contributed by atoms with Gasteiger partial charge in [-0.05, 0) is 42.3 Å². The van der Waals surface area contributed by atoms with Crippen LogP contribution in [0.2, 0.25) is 0 Å². The molecule has 0 radical (unpaired) electrons. The van der Waals surface area contributed by atoms with E-state index in [4.69, 9.17) is 5.73 Å². The summed E-state index contributed by atoms with van der Waals surface area (Å²) in [7, 11) is 0. The average molecular weight is 282 g/mol. The van der Waals surface area contributed by atoms with E-state index in [0.717, 1.165) is 21.1 Å². The molecule has 16 heavy (non-hydrogen) atoms. The molecule has 0 saturated heterocycles. The molecule has 0 saturated carbocycles. The SMILES string of the molecule is CC(N)c1cccc2c(Br)nn(C(C)C)c12. The molecular formula is C12H16BrN3. The van der Waals surface area contributed by atoms with Gasteiger partial charge in [-0.2, -0.15) is 5.10 Å². The molecule has 1 atom stereocenters. The van der Waals surface area contributed by atoms with E-state index >= 15 is 0 Å². The standard InChI is InChI=1S/C12H16BrN3/c1-7(2)16-11-9(8(3)14)5-4-6-10(11)12(13)15-16/h4-8H,14H2,1-3H3. The van der Waals surface area contributed by atoms with Gasteiger partial charge in [0, 0.05) is 17.5 Å². The number of benzene rings is 1. The summed E-state index contributed by atoms with van der Waals surface area (Å²) in [6.07, 6.45) is 0. The number of fused-ring (bicyclic) bond motifs is 1. The predicted octanol–water partition coefficient (Wildman–Crippen LogP) is 3.40. The van der Waals surface area contributed by atoms with Crippen molar-refractivity contribution in [2.75, 3.05) is 0 Å². The van der Waals surface area contributed by atoms with E-state index < -0.39 is 0 Å². The molecule has 2 rings (SSSR count). The largest absolute Gasteiger partial charge is 0.324 e. The van der Waals surface area contributed by atoms with Gasteiger partial charge in [-0.3, -0.25) is 4.68 Å². The molecule has 0 aliphatic carbocycles. The average Bonchev–Trinajstić information content (AvgIpc) is 2.56. The van der Waals surface area contributed by atoms with E-state index in [0.29, 0.717) is 6.04 Å². The van der Waals surface area contributed by atoms with Crippen LogP contribution in [0.25, 0.3) is 10.9 Å². The molecule has 0 spiro atoms. The Bertz CT molecular complexity index is 514. The summed E-state index contributed by atoms with van der Waals surface area (Å²) >= 11 is 3.50. The van der Waals surface area contributed by atoms with Crippen LogP contribution in [-0.2, 0) is 0 Å². The molecule has 4 heteroatoms. The lowest BCUT2D eigenvalue weighted by Gasteiger charge is -2.12. The van der Waals surface area contributed by atoms with E-state index in [-0.39, 0.29) is 6.04 Å². The van der Waals surface area contributed by atoms with Crippen LogP contribution in [0.4, 0.5) is 0 Å². The molecule has 0 aliphatic rings. The maximum atomic E-state index is 6.00. The number of nitrogens with two attached hydrogens (primary N) is 1. The molecule has 1 aromatic carbocycles. The molecule has 3 nitrogen and oxygen atoms in total. The van der Waals surface area contributed by atoms with Gasteiger partial charge in [-0.1, -0.05) is 18.2 Å². The highest BCUT2D eigenvalue weighted by Gasteiger charge is 2.15. The zero-order valence-electron chi connectivity index (χ0n) is 9.74. The maximum absolute atomic E-state index is 6.00. The second-order valence-corrected chi connectivity index (χ2v) is 5.11. The molecule has 0 amide bonds. The minimum atomic E-state index is 0.0183. The van der Waals surface area contributed by atoms with Gasteiger partial charge in [0.2, 0.25) is 0 Å². The molecule has 1 aromatic heterocycles. The number of para-hydroxylation sites is 1. The van der Waals surface area contributed by atoms with Gasteiger partial charge in [0.05, 0.1) is 5.52 Å². The van der Waals surface area contributed by atoms with Gasteiger partial charge in [0.1, 0.15) is 4.60 Å². The summed E-state index contributed by atoms with van der Waals surface area (Å²) in [5.74, 6) is 0. The summed E-state index contributed by atoms with van der Waals surface area (Å²) in [5.41, 5.74) is 8.28. The van der Waals surface area contributed by atoms with E-state index in [1.807, 2.05) is 17.7 Å². The number of rotatable bonds is 2. The van der Waals surface area contributed by atoms with Crippen molar-refractivity contribution in [2.24, 2.45) is 5.73 Å². The number of halogens is 1. The molecular weight excluding hydrogens is 266 g/mol. The zero-order valence-corrected chi connectivity index (χ0v) is 11.3. The fourth-order valence-corrected chi connectivity index (χ4v) is 2.41. The third-order valence-corrected chi connectivity index (χ3v) is 3.28. The molecule has 0 aliphatic heterocycles. The second-order valence-electron chi connectivity index (χ2n) is 4.36. The summed E-state index contributed by atoms with van der Waals surface area (Å²) in [6, 6.07) is 6.51. The smallest absolute Gasteiger partial charge is 0.136 e. The number of hydrogen-bond acceptors (Lipinski definition) is 2. The van der Waals surface area contributed by atoms with Crippen molar-refractivity contribution < 1.29 is 0 Å². The zero-order chi connectivity index (χ0) is 11.9. The summed E-state index contributed by atoms with van der Waals surface area (Å²) < 4.78 is 2.91. The number of aromatic nitrogens is 2. The highest BCUT2D eigenvalue weighted by atomic mass is 79.9. The number of nitrogens with zero attached hydrogens (tertiary/aromatic N) is 2. The van der Waals surface area contributed by atoms with Crippen LogP contribution in [0.1, 0.15) is 38.4 Å². The lowest BCUT2D eigenvalue weighted by atomic mass is 10.1. The lowest BCUT2D eigenvalue weighted by Crippen LogP contribution is -2.10. The Morgan fingerprint density at radius 2 is 2.00 bits per heavy atom. The highest BCUT2D eigenvalue weighted by molar-refractivity contribution is 9.10. The minimum Gasteiger partial charge on any atom is -0.324 e. The fraction of sp³-hybridized carbons (Fsp3) is 0.417. The van der Waals surface area contributed by atoms with Gasteiger partial charge in [-0.15, -0.1) is 0 Å². The van der Waals surface area contributed by atoms with E-state index in [1.54, 1.807) is 0 Å². The van der Waals surface area contributed by atoms with Gasteiger partial charge in [-0.25, -0.2) is 0 Å². The maximum Gasteiger partial charge on any atom is 0.136 e. The molecule has 0 fully saturated rings. The quantitative estimate of drug-likeness (QED) is 0.917. The van der Waals surface area contributed by atoms with Crippen molar-refractivity contribution in [1.29, 1.82) is 0 Å². The first-order valence-corrected chi connectivity index (χ1v) is 6.24. The molecule has 86 valence electrons. The monoisotopic (exact) mass is 281 g/mol. The van der Waals surface area contributed by atoms with Crippen molar-refractivity contribution in [1.82, 2.24) is 9.78 Å². The van der Waals surface area contributed by atoms with E-state index in [1.165, 1.54) is 0 Å². The van der Waals surface area contributed by atoms with Crippen molar-refractivity contribution in [2.45, 2.75) is 32.9 Å². The first-order valence-electron chi connectivity index (χ1n) is 5.44. The van der Waals surface area contributed by atoms with Crippen molar-refractivity contribution in [3.8, 4) is 0 Å². The second kappa shape index (κ2) is 4.18. The van der Waals surface area contributed by atoms with Gasteiger partial charge in [0.15, 0.2) is 0 Å². The van der Waals surface area contributed by atoms with Crippen LogP contribution >= 0.6 is 15.9 Å². The summed E-state index contributed by atoms with van der Waals surface area (Å²) in [6.45, 7) is 6.24. The Balaban J connectivity index is 2.83. The lowest BCUT2D eigenvalue weighted by molar-refractivity contribution is 0.545. The third kappa shape index (κ3) is 1.76. The van der Waals surface area contributed by atoms with Crippen LogP contribution in [0, 0.1) is 0 Å². The Morgan fingerprint density at radius 1 is 1.31 bits per heavy atom. The van der Waals surface area contributed by atoms with Crippen LogP contribution in [0.15, 0.2) is 22.8 Å². The van der Waals surface area contributed by atoms with Gasteiger partial charge < -0.3 is 5.73 Å². The molecule has 2 N–H and O–H groups in total. The Morgan fingerprint density at radius 3 is 2.56 bits per heavy atom. The Hall–Kier alpha value is -0.870. The Labute approximate surface area is 104 Å². The first kappa shape index (κ1) is 11.6. The third-order valence-electron chi connectivity index (χ3n) is 2.69. The van der Waals surface area contributed by atoms with E-state index in [9.17, 15) is 0 Å². The highest BCUT2D eigenvalue weighted by Crippen LogP contribution is 2.30. The van der Waals surface area contributed by atoms with Crippen LogP contribution in [-0.4, -0.2) is 9.78 Å². The van der Waals surface area contributed by atoms with E-state index in [2.05, 4.69) is 47.0 Å². The van der Waals surface area contributed by atoms with Gasteiger partial charge in [0.25, 0.3) is 0 Å². The van der Waals surface area contributed by atoms with Gasteiger partial charge >= 0.3 is 0 Å². The van der Waals surface area contributed by atoms with Crippen LogP contribution in [0.3, 0.4) is 0 Å². The summed E-state index contributed by atoms with van der Waals surface area (Å²) in [5, 5.41) is 5.64. The van der Waals surface area contributed by atoms with Crippen molar-refractivity contribution in [3.63, 3.8) is 0 Å². The normalized spacial score (nSPS) is 13.6. The van der Waals surface area contributed by atoms with Crippen molar-refractivity contribution in [3.05, 3.63) is 28.4 Å².